The topological polar surface area (TPSA) is 87.7 Å². The summed E-state index contributed by atoms with van der Waals surface area (Å²) < 4.78 is 0. The van der Waals surface area contributed by atoms with Crippen molar-refractivity contribution in [1.29, 1.82) is 0 Å². The Labute approximate surface area is 102 Å². The van der Waals surface area contributed by atoms with Crippen molar-refractivity contribution >= 4 is 11.7 Å². The predicted octanol–water partition coefficient (Wildman–Crippen LogP) is 1.31. The highest BCUT2D eigenvalue weighted by atomic mass is 16.4. The fourth-order valence-electron chi connectivity index (χ4n) is 2.18. The second-order valence-corrected chi connectivity index (χ2v) is 5.21. The molecule has 1 rings (SSSR count). The highest BCUT2D eigenvalue weighted by molar-refractivity contribution is 5.85. The van der Waals surface area contributed by atoms with E-state index in [4.69, 9.17) is 10.9 Å². The zero-order chi connectivity index (χ0) is 13.0. The van der Waals surface area contributed by atoms with Gasteiger partial charge in [0.05, 0.1) is 0 Å². The van der Waals surface area contributed by atoms with Crippen LogP contribution in [0.15, 0.2) is 5.16 Å². The monoisotopic (exact) mass is 241 g/mol. The first kappa shape index (κ1) is 13.8. The minimum absolute atomic E-state index is 0.0106. The summed E-state index contributed by atoms with van der Waals surface area (Å²) in [6, 6.07) is 0.0135. The number of carbonyl (C=O) groups is 1. The van der Waals surface area contributed by atoms with Crippen LogP contribution in [0.2, 0.25) is 0 Å². The Hall–Kier alpha value is -1.26. The number of amidine groups is 1. The van der Waals surface area contributed by atoms with E-state index in [9.17, 15) is 4.79 Å². The van der Waals surface area contributed by atoms with E-state index in [-0.39, 0.29) is 29.6 Å². The van der Waals surface area contributed by atoms with Gasteiger partial charge in [0.1, 0.15) is 5.84 Å². The molecule has 1 aliphatic rings. The molecule has 0 saturated heterocycles. The summed E-state index contributed by atoms with van der Waals surface area (Å²) in [4.78, 5) is 11.9. The number of nitrogens with zero attached hydrogens (tertiary/aromatic N) is 1. The van der Waals surface area contributed by atoms with Crippen LogP contribution in [0.4, 0.5) is 0 Å². The highest BCUT2D eigenvalue weighted by Gasteiger charge is 2.32. The van der Waals surface area contributed by atoms with Crippen LogP contribution in [0.1, 0.15) is 40.0 Å². The maximum absolute atomic E-state index is 11.9. The van der Waals surface area contributed by atoms with E-state index in [1.54, 1.807) is 0 Å². The van der Waals surface area contributed by atoms with E-state index in [0.717, 1.165) is 19.3 Å². The van der Waals surface area contributed by atoms with Crippen LogP contribution in [0.5, 0.6) is 0 Å². The number of carbonyl (C=O) groups excluding carboxylic acids is 1. The minimum Gasteiger partial charge on any atom is -0.409 e. The summed E-state index contributed by atoms with van der Waals surface area (Å²) >= 11 is 0. The molecule has 4 N–H and O–H groups in total. The minimum atomic E-state index is -0.0247. The molecule has 0 bridgehead atoms. The third-order valence-corrected chi connectivity index (χ3v) is 3.75. The maximum Gasteiger partial charge on any atom is 0.223 e. The molecule has 3 unspecified atom stereocenters. The number of rotatable bonds is 4. The standard InChI is InChI=1S/C12H23N3O2/c1-7(2)8(3)12(16)14-10-6-4-5-9(10)11(13)15-17/h7-10,17H,4-6H2,1-3H3,(H2,13,15)(H,14,16). The summed E-state index contributed by atoms with van der Waals surface area (Å²) in [6.07, 6.45) is 2.77. The van der Waals surface area contributed by atoms with E-state index in [2.05, 4.69) is 10.5 Å². The smallest absolute Gasteiger partial charge is 0.223 e. The molecule has 0 aliphatic heterocycles. The Morgan fingerprint density at radius 1 is 1.41 bits per heavy atom. The van der Waals surface area contributed by atoms with E-state index in [1.165, 1.54) is 0 Å². The van der Waals surface area contributed by atoms with Gasteiger partial charge in [-0.25, -0.2) is 0 Å². The summed E-state index contributed by atoms with van der Waals surface area (Å²) in [5.41, 5.74) is 5.63. The molecule has 0 radical (unpaired) electrons. The Morgan fingerprint density at radius 3 is 2.59 bits per heavy atom. The van der Waals surface area contributed by atoms with Crippen LogP contribution in [0.3, 0.4) is 0 Å². The molecular weight excluding hydrogens is 218 g/mol. The second-order valence-electron chi connectivity index (χ2n) is 5.21. The van der Waals surface area contributed by atoms with Gasteiger partial charge in [-0.05, 0) is 18.8 Å². The molecular formula is C12H23N3O2. The lowest BCUT2D eigenvalue weighted by Crippen LogP contribution is -2.45. The van der Waals surface area contributed by atoms with Gasteiger partial charge in [-0.2, -0.15) is 0 Å². The van der Waals surface area contributed by atoms with Crippen molar-refractivity contribution in [2.24, 2.45) is 28.6 Å². The van der Waals surface area contributed by atoms with Crippen molar-refractivity contribution in [1.82, 2.24) is 5.32 Å². The molecule has 1 aliphatic carbocycles. The third-order valence-electron chi connectivity index (χ3n) is 3.75. The summed E-state index contributed by atoms with van der Waals surface area (Å²) in [5.74, 6) is 0.568. The second kappa shape index (κ2) is 5.89. The van der Waals surface area contributed by atoms with E-state index in [1.807, 2.05) is 20.8 Å². The lowest BCUT2D eigenvalue weighted by molar-refractivity contribution is -0.126. The van der Waals surface area contributed by atoms with Crippen molar-refractivity contribution in [2.75, 3.05) is 0 Å². The molecule has 0 spiro atoms. The van der Waals surface area contributed by atoms with Crippen LogP contribution in [0, 0.1) is 17.8 Å². The molecule has 1 amide bonds. The van der Waals surface area contributed by atoms with Crippen molar-refractivity contribution in [3.63, 3.8) is 0 Å². The zero-order valence-electron chi connectivity index (χ0n) is 10.8. The largest absolute Gasteiger partial charge is 0.409 e. The van der Waals surface area contributed by atoms with Gasteiger partial charge >= 0.3 is 0 Å². The van der Waals surface area contributed by atoms with Crippen LogP contribution >= 0.6 is 0 Å². The fourth-order valence-corrected chi connectivity index (χ4v) is 2.18. The molecule has 5 nitrogen and oxygen atoms in total. The molecule has 17 heavy (non-hydrogen) atoms. The van der Waals surface area contributed by atoms with Crippen molar-refractivity contribution in [3.05, 3.63) is 0 Å². The number of nitrogens with one attached hydrogen (secondary N) is 1. The third kappa shape index (κ3) is 3.35. The maximum atomic E-state index is 11.9. The van der Waals surface area contributed by atoms with Crippen LogP contribution in [0.25, 0.3) is 0 Å². The Kier molecular flexibility index (Phi) is 4.78. The fraction of sp³-hybridized carbons (Fsp3) is 0.833. The summed E-state index contributed by atoms with van der Waals surface area (Å²) in [7, 11) is 0. The molecule has 98 valence electrons. The highest BCUT2D eigenvalue weighted by Crippen LogP contribution is 2.26. The Morgan fingerprint density at radius 2 is 2.06 bits per heavy atom. The quantitative estimate of drug-likeness (QED) is 0.300. The predicted molar refractivity (Wildman–Crippen MR) is 66.7 cm³/mol. The molecule has 5 heteroatoms. The molecule has 1 saturated carbocycles. The number of hydrogen-bond donors (Lipinski definition) is 3. The van der Waals surface area contributed by atoms with Crippen LogP contribution in [-0.2, 0) is 4.79 Å². The van der Waals surface area contributed by atoms with Gasteiger partial charge in [-0.1, -0.05) is 32.3 Å². The molecule has 1 fully saturated rings. The molecule has 0 aromatic rings. The van der Waals surface area contributed by atoms with Gasteiger partial charge in [-0.15, -0.1) is 0 Å². The van der Waals surface area contributed by atoms with Gasteiger partial charge in [-0.3, -0.25) is 4.79 Å². The van der Waals surface area contributed by atoms with Crippen LogP contribution < -0.4 is 11.1 Å². The van der Waals surface area contributed by atoms with E-state index >= 15 is 0 Å². The molecule has 3 atom stereocenters. The van der Waals surface area contributed by atoms with E-state index < -0.39 is 0 Å². The van der Waals surface area contributed by atoms with Gasteiger partial charge in [0.15, 0.2) is 0 Å². The first-order valence-corrected chi connectivity index (χ1v) is 6.25. The number of nitrogens with two attached hydrogens (primary N) is 1. The Balaban J connectivity index is 2.59. The van der Waals surface area contributed by atoms with Crippen molar-refractivity contribution < 1.29 is 10.0 Å². The molecule has 0 heterocycles. The molecule has 0 aromatic heterocycles. The van der Waals surface area contributed by atoms with Crippen molar-refractivity contribution in [2.45, 2.75) is 46.1 Å². The zero-order valence-corrected chi connectivity index (χ0v) is 10.8. The first-order valence-electron chi connectivity index (χ1n) is 6.25. The lowest BCUT2D eigenvalue weighted by Gasteiger charge is -2.23. The normalized spacial score (nSPS) is 27.2. The number of hydrogen-bond acceptors (Lipinski definition) is 3. The average Bonchev–Trinajstić information content (AvgIpc) is 2.74. The number of oxime groups is 1. The van der Waals surface area contributed by atoms with Gasteiger partial charge in [0, 0.05) is 17.9 Å². The van der Waals surface area contributed by atoms with Gasteiger partial charge in [0.25, 0.3) is 0 Å². The first-order chi connectivity index (χ1) is 7.97. The van der Waals surface area contributed by atoms with E-state index in [0.29, 0.717) is 5.92 Å². The number of amides is 1. The van der Waals surface area contributed by atoms with Gasteiger partial charge < -0.3 is 16.3 Å². The SMILES string of the molecule is CC(C)C(C)C(=O)NC1CCCC1C(N)=NO. The van der Waals surface area contributed by atoms with Crippen LogP contribution in [-0.4, -0.2) is 23.0 Å². The van der Waals surface area contributed by atoms with Gasteiger partial charge in [0.2, 0.25) is 5.91 Å². The average molecular weight is 241 g/mol. The van der Waals surface area contributed by atoms with Crippen molar-refractivity contribution in [3.8, 4) is 0 Å². The molecule has 0 aromatic carbocycles. The summed E-state index contributed by atoms with van der Waals surface area (Å²) in [5, 5.41) is 14.8. The summed E-state index contributed by atoms with van der Waals surface area (Å²) in [6.45, 7) is 5.98. The Bertz CT molecular complexity index is 302. The lowest BCUT2D eigenvalue weighted by atomic mass is 9.95.